The molecule has 0 bridgehead atoms. The number of amides is 1. The standard InChI is InChI=1S/C28H27Br2N3OS/c1-18-24(26(30)19(2)32(18)23-15-13-20(29)14-16-23)17-25-27(34)33(22-11-7-4-8-12-22)28(35-25)31-21-9-5-3-6-10-21/h3,5-6,9-10,13-17,22H,4,7-8,11-12H2,1-2H3/b25-17-,31-28?. The van der Waals surface area contributed by atoms with Crippen molar-refractivity contribution in [3.63, 3.8) is 0 Å². The first kappa shape index (κ1) is 24.6. The van der Waals surface area contributed by atoms with E-state index >= 15 is 0 Å². The summed E-state index contributed by atoms with van der Waals surface area (Å²) in [5.74, 6) is 0.0666. The SMILES string of the molecule is Cc1c(Br)c(/C=C2\SC(=Nc3ccccc3)N(C3CCCCC3)C2=O)c(C)n1-c1ccc(Br)cc1. The minimum absolute atomic E-state index is 0.0666. The Morgan fingerprint density at radius 3 is 2.31 bits per heavy atom. The highest BCUT2D eigenvalue weighted by Crippen LogP contribution is 2.41. The van der Waals surface area contributed by atoms with Gasteiger partial charge in [-0.15, -0.1) is 0 Å². The molecule has 180 valence electrons. The predicted molar refractivity (Wildman–Crippen MR) is 153 cm³/mol. The molecule has 0 radical (unpaired) electrons. The third-order valence-corrected chi connectivity index (χ3v) is 9.25. The number of rotatable bonds is 4. The number of amidine groups is 1. The van der Waals surface area contributed by atoms with Gasteiger partial charge in [-0.1, -0.05) is 53.4 Å². The summed E-state index contributed by atoms with van der Waals surface area (Å²) in [6, 6.07) is 18.4. The molecule has 0 atom stereocenters. The minimum Gasteiger partial charge on any atom is -0.317 e. The van der Waals surface area contributed by atoms with E-state index < -0.39 is 0 Å². The van der Waals surface area contributed by atoms with E-state index in [1.54, 1.807) is 0 Å². The fourth-order valence-corrected chi connectivity index (χ4v) is 6.82. The van der Waals surface area contributed by atoms with Crippen LogP contribution in [-0.2, 0) is 4.79 Å². The van der Waals surface area contributed by atoms with Crippen molar-refractivity contribution in [3.8, 4) is 5.69 Å². The van der Waals surface area contributed by atoms with Gasteiger partial charge >= 0.3 is 0 Å². The molecule has 1 aromatic heterocycles. The van der Waals surface area contributed by atoms with E-state index in [-0.39, 0.29) is 11.9 Å². The maximum atomic E-state index is 13.8. The summed E-state index contributed by atoms with van der Waals surface area (Å²) in [5, 5.41) is 0.789. The molecule has 3 aromatic rings. The Morgan fingerprint density at radius 2 is 1.63 bits per heavy atom. The third-order valence-electron chi connectivity index (χ3n) is 6.73. The first-order valence-electron chi connectivity index (χ1n) is 11.9. The Labute approximate surface area is 227 Å². The Morgan fingerprint density at radius 1 is 0.943 bits per heavy atom. The number of halogens is 2. The number of hydrogen-bond donors (Lipinski definition) is 0. The van der Waals surface area contributed by atoms with Crippen LogP contribution in [0.4, 0.5) is 5.69 Å². The summed E-state index contributed by atoms with van der Waals surface area (Å²) < 4.78 is 4.29. The van der Waals surface area contributed by atoms with E-state index in [1.165, 1.54) is 18.2 Å². The van der Waals surface area contributed by atoms with Gasteiger partial charge in [-0.3, -0.25) is 9.69 Å². The zero-order valence-electron chi connectivity index (χ0n) is 19.8. The lowest BCUT2D eigenvalue weighted by molar-refractivity contribution is -0.124. The van der Waals surface area contributed by atoms with Crippen LogP contribution in [0.5, 0.6) is 0 Å². The molecule has 1 aliphatic heterocycles. The number of carbonyl (C=O) groups is 1. The van der Waals surface area contributed by atoms with Crippen molar-refractivity contribution in [2.75, 3.05) is 0 Å². The van der Waals surface area contributed by atoms with Crippen molar-refractivity contribution in [3.05, 3.63) is 85.4 Å². The number of aliphatic imine (C=N–C) groups is 1. The topological polar surface area (TPSA) is 37.6 Å². The molecule has 2 aliphatic rings. The summed E-state index contributed by atoms with van der Waals surface area (Å²) >= 11 is 8.83. The lowest BCUT2D eigenvalue weighted by Crippen LogP contribution is -2.40. The average Bonchev–Trinajstić information content (AvgIpc) is 3.28. The van der Waals surface area contributed by atoms with Crippen molar-refractivity contribution >= 4 is 66.5 Å². The van der Waals surface area contributed by atoms with E-state index in [2.05, 4.69) is 62.4 Å². The lowest BCUT2D eigenvalue weighted by Gasteiger charge is -2.30. The second-order valence-electron chi connectivity index (χ2n) is 9.02. The molecule has 2 fully saturated rings. The summed E-state index contributed by atoms with van der Waals surface area (Å²) in [5.41, 5.74) is 5.20. The molecule has 0 spiro atoms. The van der Waals surface area contributed by atoms with Crippen LogP contribution < -0.4 is 0 Å². The number of aromatic nitrogens is 1. The minimum atomic E-state index is 0.0666. The van der Waals surface area contributed by atoms with Crippen molar-refractivity contribution < 1.29 is 4.79 Å². The molecule has 7 heteroatoms. The molecule has 1 amide bonds. The number of carbonyl (C=O) groups excluding carboxylic acids is 1. The molecule has 1 saturated carbocycles. The molecule has 1 saturated heterocycles. The largest absolute Gasteiger partial charge is 0.317 e. The highest BCUT2D eigenvalue weighted by atomic mass is 79.9. The van der Waals surface area contributed by atoms with E-state index in [0.29, 0.717) is 0 Å². The monoisotopic (exact) mass is 611 g/mol. The van der Waals surface area contributed by atoms with Gasteiger partial charge in [-0.05, 0) is 96.9 Å². The van der Waals surface area contributed by atoms with Gasteiger partial charge in [0.25, 0.3) is 5.91 Å². The van der Waals surface area contributed by atoms with Gasteiger partial charge in [0.2, 0.25) is 0 Å². The zero-order valence-corrected chi connectivity index (χ0v) is 23.8. The Hall–Kier alpha value is -2.09. The molecular weight excluding hydrogens is 586 g/mol. The second kappa shape index (κ2) is 10.5. The summed E-state index contributed by atoms with van der Waals surface area (Å²) in [6.45, 7) is 4.20. The predicted octanol–water partition coefficient (Wildman–Crippen LogP) is 8.56. The maximum absolute atomic E-state index is 13.8. The van der Waals surface area contributed by atoms with Gasteiger partial charge in [-0.25, -0.2) is 4.99 Å². The smallest absolute Gasteiger partial charge is 0.267 e. The lowest BCUT2D eigenvalue weighted by atomic mass is 9.94. The molecule has 5 rings (SSSR count). The number of thioether (sulfide) groups is 1. The van der Waals surface area contributed by atoms with Crippen LogP contribution in [0.1, 0.15) is 49.1 Å². The van der Waals surface area contributed by atoms with Crippen LogP contribution in [-0.4, -0.2) is 26.6 Å². The van der Waals surface area contributed by atoms with E-state index in [1.807, 2.05) is 53.4 Å². The number of benzene rings is 2. The van der Waals surface area contributed by atoms with Crippen LogP contribution in [0.25, 0.3) is 11.8 Å². The van der Waals surface area contributed by atoms with Crippen LogP contribution in [0.2, 0.25) is 0 Å². The molecule has 1 aliphatic carbocycles. The van der Waals surface area contributed by atoms with Gasteiger partial charge in [0, 0.05) is 37.6 Å². The molecular formula is C28H27Br2N3OS. The van der Waals surface area contributed by atoms with Crippen LogP contribution in [0, 0.1) is 13.8 Å². The zero-order chi connectivity index (χ0) is 24.5. The number of para-hydroxylation sites is 1. The normalized spacial score (nSPS) is 19.3. The molecule has 0 N–H and O–H groups in total. The Bertz CT molecular complexity index is 1310. The van der Waals surface area contributed by atoms with Crippen LogP contribution in [0.3, 0.4) is 0 Å². The molecule has 4 nitrogen and oxygen atoms in total. The number of nitrogens with zero attached hydrogens (tertiary/aromatic N) is 3. The van der Waals surface area contributed by atoms with Crippen LogP contribution >= 0.6 is 43.6 Å². The molecule has 2 heterocycles. The Kier molecular flexibility index (Phi) is 7.37. The Balaban J connectivity index is 1.55. The van der Waals surface area contributed by atoms with Gasteiger partial charge in [0.15, 0.2) is 5.17 Å². The van der Waals surface area contributed by atoms with Crippen molar-refractivity contribution in [1.29, 1.82) is 0 Å². The second-order valence-corrected chi connectivity index (χ2v) is 11.7. The fourth-order valence-electron chi connectivity index (χ4n) is 4.94. The number of hydrogen-bond acceptors (Lipinski definition) is 3. The molecule has 0 unspecified atom stereocenters. The third kappa shape index (κ3) is 4.95. The highest BCUT2D eigenvalue weighted by molar-refractivity contribution is 9.10. The van der Waals surface area contributed by atoms with Crippen molar-refractivity contribution in [2.24, 2.45) is 4.99 Å². The van der Waals surface area contributed by atoms with Gasteiger partial charge in [0.1, 0.15) is 0 Å². The van der Waals surface area contributed by atoms with Gasteiger partial charge in [0.05, 0.1) is 10.6 Å². The summed E-state index contributed by atoms with van der Waals surface area (Å²) in [6.07, 6.45) is 7.68. The average molecular weight is 613 g/mol. The molecule has 35 heavy (non-hydrogen) atoms. The fraction of sp³-hybridized carbons (Fsp3) is 0.286. The van der Waals surface area contributed by atoms with Crippen molar-refractivity contribution in [1.82, 2.24) is 9.47 Å². The highest BCUT2D eigenvalue weighted by Gasteiger charge is 2.39. The van der Waals surface area contributed by atoms with Crippen molar-refractivity contribution in [2.45, 2.75) is 52.0 Å². The van der Waals surface area contributed by atoms with E-state index in [4.69, 9.17) is 4.99 Å². The van der Waals surface area contributed by atoms with E-state index in [9.17, 15) is 4.79 Å². The van der Waals surface area contributed by atoms with Crippen LogP contribution in [0.15, 0.2) is 73.4 Å². The quantitative estimate of drug-likeness (QED) is 0.277. The summed E-state index contributed by atoms with van der Waals surface area (Å²) in [7, 11) is 0. The van der Waals surface area contributed by atoms with Gasteiger partial charge < -0.3 is 4.57 Å². The van der Waals surface area contributed by atoms with E-state index in [0.717, 1.165) is 73.0 Å². The van der Waals surface area contributed by atoms with Gasteiger partial charge in [-0.2, -0.15) is 0 Å². The first-order valence-corrected chi connectivity index (χ1v) is 14.3. The first-order chi connectivity index (χ1) is 16.9. The maximum Gasteiger partial charge on any atom is 0.267 e. The molecule has 2 aromatic carbocycles. The summed E-state index contributed by atoms with van der Waals surface area (Å²) in [4.78, 5) is 21.3.